The number of hydrogen-bond donors (Lipinski definition) is 0. The van der Waals surface area contributed by atoms with Gasteiger partial charge in [0.25, 0.3) is 0 Å². The van der Waals surface area contributed by atoms with Crippen LogP contribution in [0.1, 0.15) is 47.8 Å². The molecule has 2 aromatic carbocycles. The van der Waals surface area contributed by atoms with Gasteiger partial charge in [0.1, 0.15) is 0 Å². The van der Waals surface area contributed by atoms with Gasteiger partial charge in [0, 0.05) is 12.0 Å². The zero-order chi connectivity index (χ0) is 20.5. The largest absolute Gasteiger partial charge is 0.416 e. The summed E-state index contributed by atoms with van der Waals surface area (Å²) in [6, 6.07) is 10.8. The van der Waals surface area contributed by atoms with Crippen molar-refractivity contribution < 1.29 is 26.4 Å². The Hall–Kier alpha value is -2.15. The Bertz CT molecular complexity index is 922. The maximum atomic E-state index is 12.8. The molecule has 0 saturated carbocycles. The van der Waals surface area contributed by atoms with Crippen molar-refractivity contribution >= 4 is 15.6 Å². The molecule has 0 heterocycles. The first-order valence-electron chi connectivity index (χ1n) is 8.30. The molecule has 0 aliphatic rings. The maximum absolute atomic E-state index is 12.8. The van der Waals surface area contributed by atoms with Crippen LogP contribution in [0, 0.1) is 0 Å². The van der Waals surface area contributed by atoms with E-state index in [0.717, 1.165) is 12.1 Å². The van der Waals surface area contributed by atoms with Crippen LogP contribution in [0.4, 0.5) is 13.2 Å². The van der Waals surface area contributed by atoms with Gasteiger partial charge in [-0.25, -0.2) is 8.42 Å². The SMILES string of the molecule is CC(C)(C)S(=O)(=O)Cc1ccc(C(=O)Cc2cccc(C(F)(F)F)c2)cc1. The number of carbonyl (C=O) groups is 1. The van der Waals surface area contributed by atoms with Crippen LogP contribution in [0.25, 0.3) is 0 Å². The van der Waals surface area contributed by atoms with E-state index in [4.69, 9.17) is 0 Å². The molecular formula is C20H21F3O3S. The van der Waals surface area contributed by atoms with Crippen molar-refractivity contribution in [3.8, 4) is 0 Å². The van der Waals surface area contributed by atoms with Crippen LogP contribution in [0.5, 0.6) is 0 Å². The van der Waals surface area contributed by atoms with Gasteiger partial charge in [-0.2, -0.15) is 13.2 Å². The van der Waals surface area contributed by atoms with E-state index in [1.165, 1.54) is 24.3 Å². The van der Waals surface area contributed by atoms with E-state index < -0.39 is 26.3 Å². The second-order valence-electron chi connectivity index (χ2n) is 7.37. The van der Waals surface area contributed by atoms with Crippen LogP contribution >= 0.6 is 0 Å². The summed E-state index contributed by atoms with van der Waals surface area (Å²) in [5.74, 6) is -0.474. The number of Topliss-reactive ketones (excluding diaryl/α,β-unsaturated/α-hetero) is 1. The first-order chi connectivity index (χ1) is 12.3. The van der Waals surface area contributed by atoms with Crippen LogP contribution in [0.3, 0.4) is 0 Å². The summed E-state index contributed by atoms with van der Waals surface area (Å²) in [7, 11) is -3.34. The number of benzene rings is 2. The lowest BCUT2D eigenvalue weighted by Gasteiger charge is -2.19. The van der Waals surface area contributed by atoms with Crippen molar-refractivity contribution in [2.75, 3.05) is 0 Å². The van der Waals surface area contributed by atoms with Crippen molar-refractivity contribution in [1.82, 2.24) is 0 Å². The molecular weight excluding hydrogens is 377 g/mol. The maximum Gasteiger partial charge on any atom is 0.416 e. The molecule has 0 atom stereocenters. The molecule has 0 aromatic heterocycles. The van der Waals surface area contributed by atoms with E-state index in [1.54, 1.807) is 32.9 Å². The van der Waals surface area contributed by atoms with Gasteiger partial charge in [0.05, 0.1) is 16.1 Å². The van der Waals surface area contributed by atoms with Gasteiger partial charge in [-0.15, -0.1) is 0 Å². The Morgan fingerprint density at radius 2 is 1.52 bits per heavy atom. The fourth-order valence-electron chi connectivity index (χ4n) is 2.37. The zero-order valence-electron chi connectivity index (χ0n) is 15.3. The van der Waals surface area contributed by atoms with Gasteiger partial charge >= 0.3 is 6.18 Å². The Morgan fingerprint density at radius 3 is 2.04 bits per heavy atom. The normalized spacial score (nSPS) is 12.8. The van der Waals surface area contributed by atoms with Crippen molar-refractivity contribution in [3.63, 3.8) is 0 Å². The summed E-state index contributed by atoms with van der Waals surface area (Å²) in [6.07, 6.45) is -4.62. The summed E-state index contributed by atoms with van der Waals surface area (Å²) in [5, 5.41) is 0. The van der Waals surface area contributed by atoms with E-state index >= 15 is 0 Å². The van der Waals surface area contributed by atoms with E-state index in [9.17, 15) is 26.4 Å². The Labute approximate surface area is 157 Å². The highest BCUT2D eigenvalue weighted by molar-refractivity contribution is 7.91. The molecule has 0 spiro atoms. The number of rotatable bonds is 5. The third-order valence-corrected chi connectivity index (χ3v) is 6.76. The first kappa shape index (κ1) is 21.2. The topological polar surface area (TPSA) is 51.2 Å². The highest BCUT2D eigenvalue weighted by Crippen LogP contribution is 2.29. The van der Waals surface area contributed by atoms with Crippen molar-refractivity contribution in [2.24, 2.45) is 0 Å². The average molecular weight is 398 g/mol. The minimum Gasteiger partial charge on any atom is -0.294 e. The lowest BCUT2D eigenvalue weighted by molar-refractivity contribution is -0.137. The molecule has 146 valence electrons. The number of halogens is 3. The van der Waals surface area contributed by atoms with Crippen molar-refractivity contribution in [1.29, 1.82) is 0 Å². The minimum atomic E-state index is -4.46. The average Bonchev–Trinajstić information content (AvgIpc) is 2.53. The smallest absolute Gasteiger partial charge is 0.294 e. The summed E-state index contributed by atoms with van der Waals surface area (Å²) < 4.78 is 61.9. The second-order valence-corrected chi connectivity index (χ2v) is 10.1. The monoisotopic (exact) mass is 398 g/mol. The van der Waals surface area contributed by atoms with Crippen molar-refractivity contribution in [2.45, 2.75) is 43.9 Å². The number of hydrogen-bond acceptors (Lipinski definition) is 3. The summed E-state index contributed by atoms with van der Waals surface area (Å²) >= 11 is 0. The molecule has 0 aliphatic carbocycles. The molecule has 27 heavy (non-hydrogen) atoms. The number of sulfone groups is 1. The van der Waals surface area contributed by atoms with Gasteiger partial charge < -0.3 is 0 Å². The van der Waals surface area contributed by atoms with Gasteiger partial charge in [-0.1, -0.05) is 42.5 Å². The first-order valence-corrected chi connectivity index (χ1v) is 9.95. The molecule has 3 nitrogen and oxygen atoms in total. The summed E-state index contributed by atoms with van der Waals surface area (Å²) in [5.41, 5.74) is 0.356. The molecule has 7 heteroatoms. The number of carbonyl (C=O) groups excluding carboxylic acids is 1. The van der Waals surface area contributed by atoms with Gasteiger partial charge in [0.15, 0.2) is 15.6 Å². The highest BCUT2D eigenvalue weighted by atomic mass is 32.2. The van der Waals surface area contributed by atoms with Gasteiger partial charge in [-0.05, 0) is 38.0 Å². The standard InChI is InChI=1S/C20H21F3O3S/c1-19(2,3)27(25,26)13-14-7-9-16(10-8-14)18(24)12-15-5-4-6-17(11-15)20(21,22)23/h4-11H,12-13H2,1-3H3. The molecule has 2 aromatic rings. The predicted octanol–water partition coefficient (Wildman–Crippen LogP) is 4.84. The second kappa shape index (κ2) is 7.46. The lowest BCUT2D eigenvalue weighted by atomic mass is 10.0. The van der Waals surface area contributed by atoms with E-state index in [-0.39, 0.29) is 23.5 Å². The Morgan fingerprint density at radius 1 is 0.926 bits per heavy atom. The van der Waals surface area contributed by atoms with Crippen molar-refractivity contribution in [3.05, 3.63) is 70.8 Å². The molecule has 0 saturated heterocycles. The molecule has 0 bridgehead atoms. The molecule has 0 N–H and O–H groups in total. The van der Waals surface area contributed by atoms with Gasteiger partial charge in [-0.3, -0.25) is 4.79 Å². The van der Waals surface area contributed by atoms with E-state index in [2.05, 4.69) is 0 Å². The fraction of sp³-hybridized carbons (Fsp3) is 0.350. The van der Waals surface area contributed by atoms with Gasteiger partial charge in [0.2, 0.25) is 0 Å². The summed E-state index contributed by atoms with van der Waals surface area (Å²) in [4.78, 5) is 12.3. The van der Waals surface area contributed by atoms with Crippen LogP contribution in [-0.2, 0) is 28.2 Å². The Kier molecular flexibility index (Phi) is 5.85. The van der Waals surface area contributed by atoms with Crippen LogP contribution < -0.4 is 0 Å². The van der Waals surface area contributed by atoms with Crippen LogP contribution in [0.15, 0.2) is 48.5 Å². The third-order valence-electron chi connectivity index (χ3n) is 4.18. The number of alkyl halides is 3. The molecule has 0 aliphatic heterocycles. The van der Waals surface area contributed by atoms with E-state index in [1.807, 2.05) is 0 Å². The Balaban J connectivity index is 2.13. The van der Waals surface area contributed by atoms with E-state index in [0.29, 0.717) is 11.1 Å². The molecule has 2 rings (SSSR count). The minimum absolute atomic E-state index is 0.140. The molecule has 0 radical (unpaired) electrons. The highest BCUT2D eigenvalue weighted by Gasteiger charge is 2.30. The molecule has 0 amide bonds. The lowest BCUT2D eigenvalue weighted by Crippen LogP contribution is -2.29. The van der Waals surface area contributed by atoms with Crippen LogP contribution in [0.2, 0.25) is 0 Å². The van der Waals surface area contributed by atoms with Crippen LogP contribution in [-0.4, -0.2) is 18.9 Å². The molecule has 0 fully saturated rings. The molecule has 0 unspecified atom stereocenters. The zero-order valence-corrected chi connectivity index (χ0v) is 16.1. The quantitative estimate of drug-likeness (QED) is 0.677. The third kappa shape index (κ3) is 5.42. The fourth-order valence-corrected chi connectivity index (χ4v) is 3.43. The summed E-state index contributed by atoms with van der Waals surface area (Å²) in [6.45, 7) is 4.86. The number of ketones is 1. The predicted molar refractivity (Wildman–Crippen MR) is 98.3 cm³/mol.